The van der Waals surface area contributed by atoms with Gasteiger partial charge >= 0.3 is 0 Å². The van der Waals surface area contributed by atoms with Crippen LogP contribution in [0.3, 0.4) is 0 Å². The van der Waals surface area contributed by atoms with Crippen LogP contribution in [-0.2, 0) is 20.7 Å². The number of anilines is 1. The second kappa shape index (κ2) is 6.37. The third-order valence-electron chi connectivity index (χ3n) is 5.13. The van der Waals surface area contributed by atoms with E-state index in [-0.39, 0.29) is 11.3 Å². The van der Waals surface area contributed by atoms with E-state index in [1.165, 1.54) is 0 Å². The number of nitrogens with zero attached hydrogens (tertiary/aromatic N) is 3. The molecule has 1 unspecified atom stereocenters. The molecule has 1 spiro atoms. The quantitative estimate of drug-likeness (QED) is 0.828. The average molecular weight is 337 g/mol. The molecule has 1 aromatic rings. The van der Waals surface area contributed by atoms with E-state index in [0.717, 1.165) is 76.3 Å². The van der Waals surface area contributed by atoms with Crippen molar-refractivity contribution in [2.75, 3.05) is 57.5 Å². The number of thiazole rings is 1. The Hall–Kier alpha value is -1.18. The van der Waals surface area contributed by atoms with Crippen molar-refractivity contribution in [3.8, 4) is 0 Å². The van der Waals surface area contributed by atoms with Gasteiger partial charge in [-0.3, -0.25) is 4.79 Å². The van der Waals surface area contributed by atoms with Gasteiger partial charge in [-0.1, -0.05) is 0 Å². The third-order valence-corrected chi connectivity index (χ3v) is 6.08. The summed E-state index contributed by atoms with van der Waals surface area (Å²) in [6.45, 7) is 6.66. The number of morpholine rings is 1. The highest BCUT2D eigenvalue weighted by Crippen LogP contribution is 2.38. The number of aromatic nitrogens is 1. The zero-order valence-electron chi connectivity index (χ0n) is 13.3. The molecule has 3 saturated heterocycles. The maximum Gasteiger partial charge on any atom is 0.228 e. The summed E-state index contributed by atoms with van der Waals surface area (Å²) in [7, 11) is 0. The molecule has 0 N–H and O–H groups in total. The van der Waals surface area contributed by atoms with E-state index in [4.69, 9.17) is 9.47 Å². The minimum atomic E-state index is 0.201. The molecular formula is C16H23N3O3S. The Labute approximate surface area is 140 Å². The van der Waals surface area contributed by atoms with Crippen molar-refractivity contribution in [1.82, 2.24) is 9.88 Å². The third kappa shape index (κ3) is 3.22. The Kier molecular flexibility index (Phi) is 4.26. The SMILES string of the molecule is O=C(Cc1csc(N2CCOCC2)n1)N1CCC2(CCOC2)C1. The normalized spacial score (nSPS) is 28.0. The van der Waals surface area contributed by atoms with E-state index < -0.39 is 0 Å². The summed E-state index contributed by atoms with van der Waals surface area (Å²) in [4.78, 5) is 21.4. The second-order valence-electron chi connectivity index (χ2n) is 6.77. The lowest BCUT2D eigenvalue weighted by molar-refractivity contribution is -0.129. The van der Waals surface area contributed by atoms with E-state index in [2.05, 4.69) is 9.88 Å². The van der Waals surface area contributed by atoms with Crippen LogP contribution in [0.1, 0.15) is 18.5 Å². The van der Waals surface area contributed by atoms with Gasteiger partial charge in [0.15, 0.2) is 5.13 Å². The summed E-state index contributed by atoms with van der Waals surface area (Å²) < 4.78 is 10.9. The van der Waals surface area contributed by atoms with Crippen LogP contribution in [0.5, 0.6) is 0 Å². The average Bonchev–Trinajstić information content (AvgIpc) is 3.31. The number of hydrogen-bond donors (Lipinski definition) is 0. The molecule has 6 nitrogen and oxygen atoms in total. The van der Waals surface area contributed by atoms with Crippen molar-refractivity contribution in [1.29, 1.82) is 0 Å². The van der Waals surface area contributed by atoms with Crippen molar-refractivity contribution < 1.29 is 14.3 Å². The molecule has 7 heteroatoms. The van der Waals surface area contributed by atoms with Crippen LogP contribution in [0.2, 0.25) is 0 Å². The minimum Gasteiger partial charge on any atom is -0.381 e. The first-order chi connectivity index (χ1) is 11.2. The molecule has 3 aliphatic heterocycles. The topological polar surface area (TPSA) is 54.9 Å². The Balaban J connectivity index is 1.35. The fourth-order valence-corrected chi connectivity index (χ4v) is 4.54. The standard InChI is InChI=1S/C16H23N3O3S/c20-14(19-3-1-16(11-19)2-6-22-12-16)9-13-10-23-15(17-13)18-4-7-21-8-5-18/h10H,1-9,11-12H2. The van der Waals surface area contributed by atoms with Crippen LogP contribution in [0.4, 0.5) is 5.13 Å². The number of ether oxygens (including phenoxy) is 2. The van der Waals surface area contributed by atoms with Gasteiger partial charge in [-0.25, -0.2) is 4.98 Å². The van der Waals surface area contributed by atoms with Gasteiger partial charge in [0, 0.05) is 43.6 Å². The number of hydrogen-bond acceptors (Lipinski definition) is 6. The molecule has 23 heavy (non-hydrogen) atoms. The van der Waals surface area contributed by atoms with Crippen LogP contribution in [-0.4, -0.2) is 68.4 Å². The molecule has 0 radical (unpaired) electrons. The maximum absolute atomic E-state index is 12.6. The molecule has 126 valence electrons. The van der Waals surface area contributed by atoms with Crippen molar-refractivity contribution in [3.05, 3.63) is 11.1 Å². The molecule has 1 atom stereocenters. The first-order valence-corrected chi connectivity index (χ1v) is 9.25. The van der Waals surface area contributed by atoms with Crippen molar-refractivity contribution >= 4 is 22.4 Å². The van der Waals surface area contributed by atoms with E-state index >= 15 is 0 Å². The Bertz CT molecular complexity index is 565. The van der Waals surface area contributed by atoms with E-state index in [1.807, 2.05) is 10.3 Å². The number of carbonyl (C=O) groups excluding carboxylic acids is 1. The van der Waals surface area contributed by atoms with Gasteiger partial charge < -0.3 is 19.3 Å². The van der Waals surface area contributed by atoms with Crippen molar-refractivity contribution in [2.24, 2.45) is 5.41 Å². The van der Waals surface area contributed by atoms with Crippen LogP contribution in [0, 0.1) is 5.41 Å². The van der Waals surface area contributed by atoms with Crippen LogP contribution in [0.15, 0.2) is 5.38 Å². The number of amides is 1. The summed E-state index contributed by atoms with van der Waals surface area (Å²) in [5.74, 6) is 0.201. The summed E-state index contributed by atoms with van der Waals surface area (Å²) in [6, 6.07) is 0. The van der Waals surface area contributed by atoms with E-state index in [0.29, 0.717) is 6.42 Å². The molecule has 0 saturated carbocycles. The summed E-state index contributed by atoms with van der Waals surface area (Å²) in [5.41, 5.74) is 1.13. The first kappa shape index (κ1) is 15.4. The van der Waals surface area contributed by atoms with Gasteiger partial charge in [0.1, 0.15) is 0 Å². The fraction of sp³-hybridized carbons (Fsp3) is 0.750. The van der Waals surface area contributed by atoms with Gasteiger partial charge in [-0.15, -0.1) is 11.3 Å². The molecule has 1 amide bonds. The zero-order valence-corrected chi connectivity index (χ0v) is 14.1. The number of rotatable bonds is 3. The van der Waals surface area contributed by atoms with Crippen molar-refractivity contribution in [3.63, 3.8) is 0 Å². The van der Waals surface area contributed by atoms with Crippen LogP contribution < -0.4 is 4.90 Å². The zero-order chi connectivity index (χ0) is 15.7. The van der Waals surface area contributed by atoms with Gasteiger partial charge in [0.25, 0.3) is 0 Å². The minimum absolute atomic E-state index is 0.201. The summed E-state index contributed by atoms with van der Waals surface area (Å²) >= 11 is 1.63. The molecule has 4 heterocycles. The molecule has 3 aliphatic rings. The lowest BCUT2D eigenvalue weighted by Gasteiger charge is -2.26. The van der Waals surface area contributed by atoms with Gasteiger partial charge in [0.2, 0.25) is 5.91 Å². The lowest BCUT2D eigenvalue weighted by Crippen LogP contribution is -2.36. The van der Waals surface area contributed by atoms with Crippen LogP contribution >= 0.6 is 11.3 Å². The van der Waals surface area contributed by atoms with Crippen LogP contribution in [0.25, 0.3) is 0 Å². The van der Waals surface area contributed by atoms with E-state index in [1.54, 1.807) is 11.3 Å². The van der Waals surface area contributed by atoms with Gasteiger partial charge in [0.05, 0.1) is 31.9 Å². The molecular weight excluding hydrogens is 314 g/mol. The predicted molar refractivity (Wildman–Crippen MR) is 87.9 cm³/mol. The molecule has 0 bridgehead atoms. The molecule has 4 rings (SSSR count). The van der Waals surface area contributed by atoms with Crippen molar-refractivity contribution in [2.45, 2.75) is 19.3 Å². The molecule has 1 aromatic heterocycles. The second-order valence-corrected chi connectivity index (χ2v) is 7.60. The van der Waals surface area contributed by atoms with Gasteiger partial charge in [-0.05, 0) is 12.8 Å². The summed E-state index contributed by atoms with van der Waals surface area (Å²) in [5, 5.41) is 3.03. The lowest BCUT2D eigenvalue weighted by atomic mass is 9.87. The molecule has 0 aliphatic carbocycles. The molecule has 0 aromatic carbocycles. The number of likely N-dealkylation sites (tertiary alicyclic amines) is 1. The predicted octanol–water partition coefficient (Wildman–Crippen LogP) is 1.16. The fourth-order valence-electron chi connectivity index (χ4n) is 3.66. The highest BCUT2D eigenvalue weighted by molar-refractivity contribution is 7.13. The largest absolute Gasteiger partial charge is 0.381 e. The highest BCUT2D eigenvalue weighted by Gasteiger charge is 2.42. The Morgan fingerprint density at radius 2 is 2.09 bits per heavy atom. The Morgan fingerprint density at radius 3 is 2.87 bits per heavy atom. The maximum atomic E-state index is 12.6. The Morgan fingerprint density at radius 1 is 1.22 bits per heavy atom. The monoisotopic (exact) mass is 337 g/mol. The van der Waals surface area contributed by atoms with E-state index in [9.17, 15) is 4.79 Å². The molecule has 3 fully saturated rings. The smallest absolute Gasteiger partial charge is 0.228 e. The summed E-state index contributed by atoms with van der Waals surface area (Å²) in [6.07, 6.45) is 2.58. The first-order valence-electron chi connectivity index (χ1n) is 8.37. The number of carbonyl (C=O) groups is 1. The highest BCUT2D eigenvalue weighted by atomic mass is 32.1. The van der Waals surface area contributed by atoms with Gasteiger partial charge in [-0.2, -0.15) is 0 Å².